The van der Waals surface area contributed by atoms with Crippen LogP contribution in [0.25, 0.3) is 10.8 Å². The maximum absolute atomic E-state index is 15.1. The van der Waals surface area contributed by atoms with E-state index in [-0.39, 0.29) is 34.5 Å². The van der Waals surface area contributed by atoms with Gasteiger partial charge in [-0.05, 0) is 127 Å². The number of nitrogens with zero attached hydrogens (tertiary/aromatic N) is 4. The Kier molecular flexibility index (Phi) is 13.3. The molecule has 6 fully saturated rings. The zero-order valence-corrected chi connectivity index (χ0v) is 37.1. The Labute approximate surface area is 369 Å². The van der Waals surface area contributed by atoms with Crippen LogP contribution in [0.3, 0.4) is 0 Å². The van der Waals surface area contributed by atoms with E-state index in [4.69, 9.17) is 9.47 Å². The predicted molar refractivity (Wildman–Crippen MR) is 236 cm³/mol. The van der Waals surface area contributed by atoms with Crippen LogP contribution in [-0.4, -0.2) is 124 Å². The number of amides is 4. The summed E-state index contributed by atoms with van der Waals surface area (Å²) in [7, 11) is 0. The number of piperidine rings is 1. The molecule has 340 valence electrons. The summed E-state index contributed by atoms with van der Waals surface area (Å²) in [5.41, 5.74) is -0.240. The average Bonchev–Trinajstić information content (AvgIpc) is 3.28. The van der Waals surface area contributed by atoms with E-state index >= 15 is 4.39 Å². The van der Waals surface area contributed by atoms with Gasteiger partial charge >= 0.3 is 6.09 Å². The van der Waals surface area contributed by atoms with Gasteiger partial charge in [0.2, 0.25) is 11.8 Å². The van der Waals surface area contributed by atoms with Crippen LogP contribution in [0.4, 0.5) is 9.18 Å². The van der Waals surface area contributed by atoms with Gasteiger partial charge in [-0.2, -0.15) is 5.10 Å². The van der Waals surface area contributed by atoms with Crippen molar-refractivity contribution in [3.05, 3.63) is 75.5 Å². The Morgan fingerprint density at radius 2 is 1.59 bits per heavy atom. The summed E-state index contributed by atoms with van der Waals surface area (Å²) in [6, 6.07) is 11.0. The predicted octanol–water partition coefficient (Wildman–Crippen LogP) is 5.71. The highest BCUT2D eigenvalue weighted by molar-refractivity contribution is 5.95. The Balaban J connectivity index is 0.771. The summed E-state index contributed by atoms with van der Waals surface area (Å²) in [6.45, 7) is 9.36. The third-order valence-corrected chi connectivity index (χ3v) is 14.3. The van der Waals surface area contributed by atoms with E-state index < -0.39 is 35.0 Å². The molecule has 9 rings (SSSR count). The number of rotatable bonds is 11. The van der Waals surface area contributed by atoms with Gasteiger partial charge in [-0.3, -0.25) is 24.1 Å². The molecule has 1 aromatic heterocycles. The highest BCUT2D eigenvalue weighted by atomic mass is 19.1. The number of likely N-dealkylation sites (tertiary alicyclic amines) is 1. The second-order valence-electron chi connectivity index (χ2n) is 19.9. The lowest BCUT2D eigenvalue weighted by Crippen LogP contribution is -2.66. The summed E-state index contributed by atoms with van der Waals surface area (Å²) in [5, 5.41) is 14.3. The van der Waals surface area contributed by atoms with Gasteiger partial charge in [0.1, 0.15) is 17.5 Å². The maximum atomic E-state index is 15.1. The van der Waals surface area contributed by atoms with E-state index in [9.17, 15) is 24.0 Å². The van der Waals surface area contributed by atoms with Gasteiger partial charge in [-0.15, -0.1) is 0 Å². The van der Waals surface area contributed by atoms with Crippen molar-refractivity contribution in [2.24, 2.45) is 11.8 Å². The van der Waals surface area contributed by atoms with Gasteiger partial charge in [0, 0.05) is 38.0 Å². The van der Waals surface area contributed by atoms with Crippen LogP contribution in [0.15, 0.2) is 47.3 Å². The number of hydrogen-bond donors (Lipinski definition) is 3. The van der Waals surface area contributed by atoms with Crippen LogP contribution in [0, 0.1) is 17.7 Å². The first-order valence-electron chi connectivity index (χ1n) is 23.2. The maximum Gasteiger partial charge on any atom is 0.408 e. The third-order valence-electron chi connectivity index (χ3n) is 14.3. The standard InChI is InChI=1S/C48H64FN7O7/c1-46(2,3)63-45(61)50-41(34-9-5-4-6-10-34)43(59)51-47-17-19-48(20-18-47,62-31-47)29-32-15-21-54(22-16-32)30-40(57)55-23-25-56(26-24-55)44(60)37-27-33(13-14-38(37)49)28-39-35-11-7-8-12-36(35)42(58)53-52-39/h7-8,11-14,27,32,34,41H,4-6,9-10,15-26,28-31H2,1-3H3,(H,50,61)(H,51,59)(H,53,58)/t41-,47?,48?/m1/s1. The molecule has 6 aliphatic rings. The number of carbonyl (C=O) groups excluding carboxylic acids is 4. The first kappa shape index (κ1) is 44.7. The number of alkyl carbamates (subject to hydrolysis) is 1. The van der Waals surface area contributed by atoms with E-state index in [0.717, 1.165) is 90.1 Å². The second kappa shape index (κ2) is 18.7. The second-order valence-corrected chi connectivity index (χ2v) is 19.9. The lowest BCUT2D eigenvalue weighted by Gasteiger charge is -2.55. The van der Waals surface area contributed by atoms with Gasteiger partial charge in [-0.25, -0.2) is 14.3 Å². The number of aromatic amines is 1. The third kappa shape index (κ3) is 10.6. The van der Waals surface area contributed by atoms with E-state index in [0.29, 0.717) is 73.7 Å². The number of fused-ring (bicyclic) bond motifs is 4. The molecule has 0 spiro atoms. The molecule has 5 heterocycles. The number of aromatic nitrogens is 2. The van der Waals surface area contributed by atoms with Crippen molar-refractivity contribution in [2.75, 3.05) is 52.4 Å². The van der Waals surface area contributed by atoms with Crippen LogP contribution in [0.2, 0.25) is 0 Å². The van der Waals surface area contributed by atoms with Crippen LogP contribution in [0.5, 0.6) is 0 Å². The van der Waals surface area contributed by atoms with E-state index in [1.165, 1.54) is 6.07 Å². The fourth-order valence-electron chi connectivity index (χ4n) is 10.7. The monoisotopic (exact) mass is 869 g/mol. The van der Waals surface area contributed by atoms with Crippen molar-refractivity contribution in [3.63, 3.8) is 0 Å². The fraction of sp³-hybridized carbons (Fsp3) is 0.625. The Hall–Kier alpha value is -4.89. The topological polar surface area (TPSA) is 166 Å². The summed E-state index contributed by atoms with van der Waals surface area (Å²) in [5.74, 6) is -0.524. The molecule has 2 bridgehead atoms. The van der Waals surface area contributed by atoms with Gasteiger partial charge in [0.25, 0.3) is 11.5 Å². The molecule has 14 nitrogen and oxygen atoms in total. The Morgan fingerprint density at radius 1 is 0.905 bits per heavy atom. The number of H-pyrrole nitrogens is 1. The molecule has 4 aliphatic heterocycles. The molecule has 2 aromatic carbocycles. The zero-order valence-electron chi connectivity index (χ0n) is 37.1. The fourth-order valence-corrected chi connectivity index (χ4v) is 10.7. The largest absolute Gasteiger partial charge is 0.444 e. The molecule has 0 radical (unpaired) electrons. The van der Waals surface area contributed by atoms with Crippen molar-refractivity contribution in [1.29, 1.82) is 0 Å². The number of ether oxygens (including phenoxy) is 2. The smallest absolute Gasteiger partial charge is 0.408 e. The SMILES string of the molecule is CC(C)(C)OC(=O)N[C@@H](C(=O)NC12CCC(CC3CCN(CC(=O)N4CCN(C(=O)c5cc(Cc6n[nH]c(=O)c7ccccc67)ccc5F)CC4)CC3)(CC1)OC2)C1CCCCC1. The van der Waals surface area contributed by atoms with Crippen molar-refractivity contribution in [1.82, 2.24) is 35.5 Å². The van der Waals surface area contributed by atoms with Gasteiger partial charge in [0.05, 0.1) is 40.9 Å². The number of nitrogens with one attached hydrogen (secondary N) is 3. The summed E-state index contributed by atoms with van der Waals surface area (Å²) >= 11 is 0. The van der Waals surface area contributed by atoms with Crippen molar-refractivity contribution >= 4 is 34.6 Å². The minimum atomic E-state index is -0.651. The van der Waals surface area contributed by atoms with Crippen molar-refractivity contribution in [2.45, 2.75) is 127 Å². The average molecular weight is 870 g/mol. The molecule has 1 atom stereocenters. The molecule has 3 N–H and O–H groups in total. The van der Waals surface area contributed by atoms with Gasteiger partial charge < -0.3 is 29.9 Å². The molecule has 15 heteroatoms. The van der Waals surface area contributed by atoms with Crippen LogP contribution < -0.4 is 16.2 Å². The number of carbonyl (C=O) groups is 4. The molecule has 4 saturated heterocycles. The molecular formula is C48H64FN7O7. The minimum absolute atomic E-state index is 0.0194. The normalized spacial score (nSPS) is 24.3. The van der Waals surface area contributed by atoms with E-state index in [1.54, 1.807) is 29.2 Å². The first-order chi connectivity index (χ1) is 30.2. The van der Waals surface area contributed by atoms with Crippen LogP contribution >= 0.6 is 0 Å². The molecule has 4 amide bonds. The molecule has 63 heavy (non-hydrogen) atoms. The minimum Gasteiger partial charge on any atom is -0.444 e. The Bertz CT molecular complexity index is 2200. The van der Waals surface area contributed by atoms with E-state index in [1.807, 2.05) is 37.8 Å². The van der Waals surface area contributed by atoms with Gasteiger partial charge in [-0.1, -0.05) is 43.5 Å². The van der Waals surface area contributed by atoms with Crippen molar-refractivity contribution in [3.8, 4) is 0 Å². The number of hydrogen-bond acceptors (Lipinski definition) is 9. The van der Waals surface area contributed by atoms with Gasteiger partial charge in [0.15, 0.2) is 0 Å². The molecular weight excluding hydrogens is 806 g/mol. The summed E-state index contributed by atoms with van der Waals surface area (Å²) in [4.78, 5) is 71.6. The summed E-state index contributed by atoms with van der Waals surface area (Å²) < 4.78 is 27.3. The summed E-state index contributed by atoms with van der Waals surface area (Å²) in [6.07, 6.45) is 11.3. The van der Waals surface area contributed by atoms with Crippen LogP contribution in [-0.2, 0) is 25.5 Å². The lowest BCUT2D eigenvalue weighted by molar-refractivity contribution is -0.176. The lowest BCUT2D eigenvalue weighted by atomic mass is 9.67. The molecule has 2 saturated carbocycles. The highest BCUT2D eigenvalue weighted by Gasteiger charge is 2.52. The Morgan fingerprint density at radius 3 is 2.25 bits per heavy atom. The molecule has 2 aliphatic carbocycles. The number of benzene rings is 2. The quantitative estimate of drug-likeness (QED) is 0.219. The van der Waals surface area contributed by atoms with Crippen LogP contribution in [0.1, 0.15) is 119 Å². The number of piperazine rings is 1. The first-order valence-corrected chi connectivity index (χ1v) is 23.2. The number of halogens is 1. The molecule has 3 aromatic rings. The zero-order chi connectivity index (χ0) is 44.4. The van der Waals surface area contributed by atoms with Crippen molar-refractivity contribution < 1.29 is 33.0 Å². The van der Waals surface area contributed by atoms with E-state index in [2.05, 4.69) is 25.7 Å². The highest BCUT2D eigenvalue weighted by Crippen LogP contribution is 2.48. The molecule has 0 unspecified atom stereocenters.